The Hall–Kier alpha value is -3.58. The normalized spacial score (nSPS) is 20.0. The SMILES string of the molecule is Oc1ccc(C[C@H]2c3c(ccc(O)c3O)C[C@@H]3c4cc(O)c(O)cc4CCN32)cc1O. The fourth-order valence-corrected chi connectivity index (χ4v) is 5.05. The van der Waals surface area contributed by atoms with E-state index in [1.54, 1.807) is 24.3 Å². The standard InChI is InChI=1S/C24H23NO6/c26-18-3-1-12(8-20(18)28)7-17-23-14(2-4-19(27)24(23)31)9-16-15-11-22(30)21(29)10-13(15)5-6-25(16)17/h1-4,8,10-11,16-17,26-31H,5-7,9H2/t16-,17+/m1/s1. The maximum absolute atomic E-state index is 10.7. The Morgan fingerprint density at radius 2 is 1.45 bits per heavy atom. The minimum atomic E-state index is -0.297. The van der Waals surface area contributed by atoms with Crippen molar-refractivity contribution in [1.29, 1.82) is 0 Å². The van der Waals surface area contributed by atoms with Crippen LogP contribution in [0, 0.1) is 0 Å². The molecule has 160 valence electrons. The van der Waals surface area contributed by atoms with Gasteiger partial charge in [0.2, 0.25) is 0 Å². The Kier molecular flexibility index (Phi) is 4.37. The third-order valence-electron chi connectivity index (χ3n) is 6.54. The quantitative estimate of drug-likeness (QED) is 0.351. The van der Waals surface area contributed by atoms with Crippen LogP contribution in [-0.2, 0) is 19.3 Å². The minimum Gasteiger partial charge on any atom is -0.504 e. The zero-order valence-electron chi connectivity index (χ0n) is 16.7. The van der Waals surface area contributed by atoms with E-state index in [2.05, 4.69) is 4.90 Å². The number of nitrogens with zero attached hydrogens (tertiary/aromatic N) is 1. The number of aromatic hydroxyl groups is 6. The van der Waals surface area contributed by atoms with Gasteiger partial charge < -0.3 is 30.6 Å². The van der Waals surface area contributed by atoms with E-state index in [1.807, 2.05) is 0 Å². The van der Waals surface area contributed by atoms with Gasteiger partial charge in [0.1, 0.15) is 0 Å². The van der Waals surface area contributed by atoms with Crippen molar-refractivity contribution >= 4 is 0 Å². The highest BCUT2D eigenvalue weighted by Gasteiger charge is 2.40. The van der Waals surface area contributed by atoms with Gasteiger partial charge in [0.25, 0.3) is 0 Å². The van der Waals surface area contributed by atoms with Crippen LogP contribution in [0.2, 0.25) is 0 Å². The molecule has 6 N–H and O–H groups in total. The van der Waals surface area contributed by atoms with Crippen molar-refractivity contribution in [2.24, 2.45) is 0 Å². The van der Waals surface area contributed by atoms with Gasteiger partial charge in [0, 0.05) is 24.2 Å². The van der Waals surface area contributed by atoms with E-state index in [1.165, 1.54) is 18.2 Å². The van der Waals surface area contributed by atoms with E-state index in [-0.39, 0.29) is 46.6 Å². The zero-order chi connectivity index (χ0) is 21.9. The molecule has 7 nitrogen and oxygen atoms in total. The molecule has 0 saturated heterocycles. The molecule has 0 saturated carbocycles. The van der Waals surface area contributed by atoms with E-state index in [4.69, 9.17) is 0 Å². The van der Waals surface area contributed by atoms with Crippen LogP contribution in [0.15, 0.2) is 42.5 Å². The first-order valence-corrected chi connectivity index (χ1v) is 10.2. The highest BCUT2D eigenvalue weighted by molar-refractivity contribution is 5.55. The van der Waals surface area contributed by atoms with Crippen molar-refractivity contribution in [3.05, 3.63) is 70.3 Å². The van der Waals surface area contributed by atoms with Crippen LogP contribution in [0.5, 0.6) is 34.5 Å². The highest BCUT2D eigenvalue weighted by atomic mass is 16.3. The fourth-order valence-electron chi connectivity index (χ4n) is 5.05. The molecule has 31 heavy (non-hydrogen) atoms. The summed E-state index contributed by atoms with van der Waals surface area (Å²) in [5.41, 5.74) is 4.22. The fraction of sp³-hybridized carbons (Fsp3) is 0.250. The summed E-state index contributed by atoms with van der Waals surface area (Å²) in [4.78, 5) is 2.23. The molecule has 0 bridgehead atoms. The summed E-state index contributed by atoms with van der Waals surface area (Å²) >= 11 is 0. The lowest BCUT2D eigenvalue weighted by atomic mass is 9.78. The van der Waals surface area contributed by atoms with E-state index >= 15 is 0 Å². The number of phenolic OH excluding ortho intramolecular Hbond substituents is 6. The van der Waals surface area contributed by atoms with E-state index in [9.17, 15) is 30.6 Å². The molecule has 0 radical (unpaired) electrons. The summed E-state index contributed by atoms with van der Waals surface area (Å²) in [5.74, 6) is -1.05. The first-order chi connectivity index (χ1) is 14.8. The molecule has 3 aromatic carbocycles. The van der Waals surface area contributed by atoms with Crippen LogP contribution in [0.1, 0.15) is 39.9 Å². The van der Waals surface area contributed by atoms with Crippen LogP contribution >= 0.6 is 0 Å². The Morgan fingerprint density at radius 1 is 0.742 bits per heavy atom. The molecule has 0 unspecified atom stereocenters. The molecule has 0 aliphatic carbocycles. The Balaban J connectivity index is 1.64. The molecule has 0 spiro atoms. The minimum absolute atomic E-state index is 0.0811. The molecule has 0 amide bonds. The lowest BCUT2D eigenvalue weighted by molar-refractivity contribution is 0.103. The monoisotopic (exact) mass is 421 g/mol. The smallest absolute Gasteiger partial charge is 0.162 e. The summed E-state index contributed by atoms with van der Waals surface area (Å²) < 4.78 is 0. The summed E-state index contributed by atoms with van der Waals surface area (Å²) in [6, 6.07) is 10.8. The van der Waals surface area contributed by atoms with Crippen molar-refractivity contribution in [3.63, 3.8) is 0 Å². The average Bonchev–Trinajstić information content (AvgIpc) is 2.74. The number of phenols is 6. The Bertz CT molecular complexity index is 1190. The molecule has 7 heteroatoms. The van der Waals surface area contributed by atoms with Gasteiger partial charge in [-0.15, -0.1) is 0 Å². The van der Waals surface area contributed by atoms with Crippen LogP contribution < -0.4 is 0 Å². The molecule has 2 atom stereocenters. The number of fused-ring (bicyclic) bond motifs is 4. The molecular formula is C24H23NO6. The number of benzene rings is 3. The van der Waals surface area contributed by atoms with Gasteiger partial charge >= 0.3 is 0 Å². The van der Waals surface area contributed by atoms with Gasteiger partial charge in [-0.2, -0.15) is 0 Å². The molecule has 0 fully saturated rings. The van der Waals surface area contributed by atoms with Gasteiger partial charge in [0.15, 0.2) is 34.5 Å². The van der Waals surface area contributed by atoms with Gasteiger partial charge in [-0.1, -0.05) is 12.1 Å². The van der Waals surface area contributed by atoms with Gasteiger partial charge in [-0.05, 0) is 71.8 Å². The van der Waals surface area contributed by atoms with E-state index in [0.717, 1.165) is 22.3 Å². The largest absolute Gasteiger partial charge is 0.504 e. The Morgan fingerprint density at radius 3 is 2.23 bits per heavy atom. The summed E-state index contributed by atoms with van der Waals surface area (Å²) in [7, 11) is 0. The Labute approximate surface area is 178 Å². The van der Waals surface area contributed by atoms with Crippen molar-refractivity contribution in [3.8, 4) is 34.5 Å². The highest BCUT2D eigenvalue weighted by Crippen LogP contribution is 2.50. The molecule has 2 heterocycles. The number of rotatable bonds is 2. The first-order valence-electron chi connectivity index (χ1n) is 10.2. The van der Waals surface area contributed by atoms with Gasteiger partial charge in [-0.3, -0.25) is 4.90 Å². The van der Waals surface area contributed by atoms with Crippen molar-refractivity contribution in [2.75, 3.05) is 6.54 Å². The molecule has 0 aromatic heterocycles. The number of hydrogen-bond acceptors (Lipinski definition) is 7. The summed E-state index contributed by atoms with van der Waals surface area (Å²) in [5, 5.41) is 60.5. The maximum Gasteiger partial charge on any atom is 0.162 e. The third kappa shape index (κ3) is 3.09. The topological polar surface area (TPSA) is 125 Å². The maximum atomic E-state index is 10.7. The predicted octanol–water partition coefficient (Wildman–Crippen LogP) is 3.36. The number of hydrogen-bond donors (Lipinski definition) is 6. The van der Waals surface area contributed by atoms with Crippen LogP contribution in [0.25, 0.3) is 0 Å². The van der Waals surface area contributed by atoms with Crippen molar-refractivity contribution < 1.29 is 30.6 Å². The van der Waals surface area contributed by atoms with E-state index < -0.39 is 0 Å². The lowest BCUT2D eigenvalue weighted by Gasteiger charge is -2.47. The molecular weight excluding hydrogens is 398 g/mol. The average molecular weight is 421 g/mol. The molecule has 2 aliphatic heterocycles. The predicted molar refractivity (Wildman–Crippen MR) is 113 cm³/mol. The van der Waals surface area contributed by atoms with E-state index in [0.29, 0.717) is 31.4 Å². The summed E-state index contributed by atoms with van der Waals surface area (Å²) in [6.45, 7) is 0.658. The van der Waals surface area contributed by atoms with Crippen LogP contribution in [0.3, 0.4) is 0 Å². The second-order valence-electron chi connectivity index (χ2n) is 8.30. The van der Waals surface area contributed by atoms with Crippen LogP contribution in [0.4, 0.5) is 0 Å². The second-order valence-corrected chi connectivity index (χ2v) is 8.30. The molecule has 5 rings (SSSR count). The van der Waals surface area contributed by atoms with Gasteiger partial charge in [0.05, 0.1) is 0 Å². The summed E-state index contributed by atoms with van der Waals surface area (Å²) in [6.07, 6.45) is 1.68. The van der Waals surface area contributed by atoms with Crippen molar-refractivity contribution in [1.82, 2.24) is 4.90 Å². The molecule has 2 aliphatic rings. The molecule has 3 aromatic rings. The lowest BCUT2D eigenvalue weighted by Crippen LogP contribution is -2.43. The third-order valence-corrected chi connectivity index (χ3v) is 6.54. The second kappa shape index (κ2) is 6.99. The zero-order valence-corrected chi connectivity index (χ0v) is 16.7. The van der Waals surface area contributed by atoms with Crippen molar-refractivity contribution in [2.45, 2.75) is 31.3 Å². The van der Waals surface area contributed by atoms with Gasteiger partial charge in [-0.25, -0.2) is 0 Å². The first kappa shape index (κ1) is 19.4. The van der Waals surface area contributed by atoms with Crippen LogP contribution in [-0.4, -0.2) is 42.1 Å².